The molecule has 0 amide bonds. The maximum atomic E-state index is 3.84. The molecule has 0 saturated heterocycles. The minimum absolute atomic E-state index is 0.710. The predicted molar refractivity (Wildman–Crippen MR) is 61.8 cm³/mol. The fourth-order valence-electron chi connectivity index (χ4n) is 1.26. The Kier molecular flexibility index (Phi) is 7.77. The fourth-order valence-corrected chi connectivity index (χ4v) is 1.26. The quantitative estimate of drug-likeness (QED) is 0.503. The van der Waals surface area contributed by atoms with Crippen LogP contribution < -0.4 is 0 Å². The van der Waals surface area contributed by atoms with Crippen LogP contribution in [-0.2, 0) is 0 Å². The van der Waals surface area contributed by atoms with E-state index >= 15 is 0 Å². The summed E-state index contributed by atoms with van der Waals surface area (Å²) < 4.78 is 0. The van der Waals surface area contributed by atoms with Crippen LogP contribution in [0.4, 0.5) is 0 Å². The van der Waals surface area contributed by atoms with Crippen LogP contribution in [0.15, 0.2) is 24.8 Å². The van der Waals surface area contributed by atoms with Crippen LogP contribution in [-0.4, -0.2) is 0 Å². The van der Waals surface area contributed by atoms with Crippen LogP contribution in [0, 0.1) is 11.8 Å². The second-order valence-corrected chi connectivity index (χ2v) is 3.80. The van der Waals surface area contributed by atoms with Crippen molar-refractivity contribution in [3.05, 3.63) is 24.8 Å². The standard InChI is InChI=1S/C13H24/c1-5-12(4)10-8-9-11-13(6-2)7-3/h6,8,10,12-13H,2,5,7,9,11H2,1,3-4H3. The molecule has 0 aromatic rings. The lowest BCUT2D eigenvalue weighted by Crippen LogP contribution is -1.92. The van der Waals surface area contributed by atoms with Crippen LogP contribution in [0.25, 0.3) is 0 Å². The summed E-state index contributed by atoms with van der Waals surface area (Å²) in [6.45, 7) is 10.6. The normalized spacial score (nSPS) is 15.9. The second kappa shape index (κ2) is 8.10. The van der Waals surface area contributed by atoms with Crippen LogP contribution >= 0.6 is 0 Å². The second-order valence-electron chi connectivity index (χ2n) is 3.80. The van der Waals surface area contributed by atoms with Crippen molar-refractivity contribution in [1.82, 2.24) is 0 Å². The smallest absolute Gasteiger partial charge is 0.0236 e. The van der Waals surface area contributed by atoms with Gasteiger partial charge in [-0.3, -0.25) is 0 Å². The van der Waals surface area contributed by atoms with Crippen molar-refractivity contribution in [2.45, 2.75) is 46.5 Å². The highest BCUT2D eigenvalue weighted by Crippen LogP contribution is 2.12. The Morgan fingerprint density at radius 1 is 1.23 bits per heavy atom. The predicted octanol–water partition coefficient (Wildman–Crippen LogP) is 4.58. The molecule has 0 N–H and O–H groups in total. The van der Waals surface area contributed by atoms with Gasteiger partial charge in [0.1, 0.15) is 0 Å². The van der Waals surface area contributed by atoms with Crippen molar-refractivity contribution >= 4 is 0 Å². The van der Waals surface area contributed by atoms with E-state index in [1.165, 1.54) is 25.7 Å². The first-order valence-electron chi connectivity index (χ1n) is 5.53. The van der Waals surface area contributed by atoms with Crippen LogP contribution in [0.5, 0.6) is 0 Å². The van der Waals surface area contributed by atoms with Crippen molar-refractivity contribution in [2.24, 2.45) is 11.8 Å². The van der Waals surface area contributed by atoms with Crippen molar-refractivity contribution in [1.29, 1.82) is 0 Å². The van der Waals surface area contributed by atoms with Gasteiger partial charge in [-0.15, -0.1) is 6.58 Å². The highest BCUT2D eigenvalue weighted by atomic mass is 14.0. The summed E-state index contributed by atoms with van der Waals surface area (Å²) in [6.07, 6.45) is 11.7. The number of allylic oxidation sites excluding steroid dienone is 3. The van der Waals surface area contributed by atoms with E-state index in [-0.39, 0.29) is 0 Å². The minimum atomic E-state index is 0.710. The summed E-state index contributed by atoms with van der Waals surface area (Å²) in [5.74, 6) is 1.45. The molecule has 76 valence electrons. The Hall–Kier alpha value is -0.520. The molecule has 0 saturated carbocycles. The first-order valence-corrected chi connectivity index (χ1v) is 5.53. The molecule has 0 radical (unpaired) electrons. The summed E-state index contributed by atoms with van der Waals surface area (Å²) in [5.41, 5.74) is 0. The monoisotopic (exact) mass is 180 g/mol. The Bertz CT molecular complexity index is 144. The molecule has 0 spiro atoms. The molecule has 0 rings (SSSR count). The van der Waals surface area contributed by atoms with Gasteiger partial charge in [0.25, 0.3) is 0 Å². The molecule has 13 heavy (non-hydrogen) atoms. The highest BCUT2D eigenvalue weighted by Gasteiger charge is 1.98. The lowest BCUT2D eigenvalue weighted by Gasteiger charge is -2.06. The van der Waals surface area contributed by atoms with Crippen molar-refractivity contribution < 1.29 is 0 Å². The molecule has 0 aromatic heterocycles. The van der Waals surface area contributed by atoms with E-state index in [1.807, 2.05) is 0 Å². The molecule has 0 aliphatic heterocycles. The summed E-state index contributed by atoms with van der Waals surface area (Å²) in [5, 5.41) is 0. The Labute approximate surface area is 83.7 Å². The van der Waals surface area contributed by atoms with Crippen LogP contribution in [0.1, 0.15) is 46.5 Å². The number of hydrogen-bond donors (Lipinski definition) is 0. The van der Waals surface area contributed by atoms with Gasteiger partial charge in [-0.1, -0.05) is 45.4 Å². The van der Waals surface area contributed by atoms with Gasteiger partial charge in [0.15, 0.2) is 0 Å². The maximum absolute atomic E-state index is 3.84. The van der Waals surface area contributed by atoms with E-state index in [0.29, 0.717) is 5.92 Å². The number of hydrogen-bond acceptors (Lipinski definition) is 0. The van der Waals surface area contributed by atoms with Gasteiger partial charge in [0.2, 0.25) is 0 Å². The average molecular weight is 180 g/mol. The molecule has 0 bridgehead atoms. The molecule has 0 aliphatic carbocycles. The van der Waals surface area contributed by atoms with Gasteiger partial charge in [0.05, 0.1) is 0 Å². The average Bonchev–Trinajstić information content (AvgIpc) is 2.18. The molecule has 0 aromatic carbocycles. The lowest BCUT2D eigenvalue weighted by molar-refractivity contribution is 0.578. The third-order valence-electron chi connectivity index (χ3n) is 2.67. The Balaban J connectivity index is 3.53. The van der Waals surface area contributed by atoms with E-state index in [2.05, 4.69) is 45.6 Å². The molecular formula is C13H24. The van der Waals surface area contributed by atoms with Gasteiger partial charge in [-0.25, -0.2) is 0 Å². The fraction of sp³-hybridized carbons (Fsp3) is 0.692. The van der Waals surface area contributed by atoms with Crippen LogP contribution in [0.2, 0.25) is 0 Å². The van der Waals surface area contributed by atoms with Crippen molar-refractivity contribution in [3.8, 4) is 0 Å². The summed E-state index contributed by atoms with van der Waals surface area (Å²) in [7, 11) is 0. The van der Waals surface area contributed by atoms with Crippen LogP contribution in [0.3, 0.4) is 0 Å². The van der Waals surface area contributed by atoms with E-state index in [4.69, 9.17) is 0 Å². The maximum Gasteiger partial charge on any atom is -0.0236 e. The van der Waals surface area contributed by atoms with Crippen molar-refractivity contribution in [3.63, 3.8) is 0 Å². The molecule has 0 heteroatoms. The van der Waals surface area contributed by atoms with E-state index in [1.54, 1.807) is 0 Å². The van der Waals surface area contributed by atoms with Gasteiger partial charge in [-0.05, 0) is 31.1 Å². The highest BCUT2D eigenvalue weighted by molar-refractivity contribution is 4.88. The van der Waals surface area contributed by atoms with E-state index in [9.17, 15) is 0 Å². The molecule has 0 heterocycles. The van der Waals surface area contributed by atoms with Gasteiger partial charge < -0.3 is 0 Å². The molecule has 2 atom stereocenters. The molecule has 0 nitrogen and oxygen atoms in total. The first kappa shape index (κ1) is 12.5. The SMILES string of the molecule is C=CC(CC)CCC=CC(C)CC. The zero-order valence-corrected chi connectivity index (χ0v) is 9.42. The Morgan fingerprint density at radius 2 is 1.92 bits per heavy atom. The van der Waals surface area contributed by atoms with Gasteiger partial charge >= 0.3 is 0 Å². The zero-order chi connectivity index (χ0) is 10.1. The topological polar surface area (TPSA) is 0 Å². The molecular weight excluding hydrogens is 156 g/mol. The lowest BCUT2D eigenvalue weighted by atomic mass is 10.00. The minimum Gasteiger partial charge on any atom is -0.103 e. The largest absolute Gasteiger partial charge is 0.103 e. The Morgan fingerprint density at radius 3 is 2.38 bits per heavy atom. The summed E-state index contributed by atoms with van der Waals surface area (Å²) in [6, 6.07) is 0. The first-order chi connectivity index (χ1) is 6.24. The third-order valence-corrected chi connectivity index (χ3v) is 2.67. The molecule has 0 aliphatic rings. The number of rotatable bonds is 7. The summed E-state index contributed by atoms with van der Waals surface area (Å²) in [4.78, 5) is 0. The summed E-state index contributed by atoms with van der Waals surface area (Å²) >= 11 is 0. The zero-order valence-electron chi connectivity index (χ0n) is 9.42. The molecule has 0 fully saturated rings. The van der Waals surface area contributed by atoms with Crippen molar-refractivity contribution in [2.75, 3.05) is 0 Å². The van der Waals surface area contributed by atoms with Gasteiger partial charge in [0, 0.05) is 0 Å². The van der Waals surface area contributed by atoms with E-state index in [0.717, 1.165) is 5.92 Å². The van der Waals surface area contributed by atoms with Gasteiger partial charge in [-0.2, -0.15) is 0 Å². The molecule has 2 unspecified atom stereocenters. The third kappa shape index (κ3) is 6.62. The van der Waals surface area contributed by atoms with E-state index < -0.39 is 0 Å².